The molecule has 0 aromatic heterocycles. The molecule has 0 fully saturated rings. The monoisotopic (exact) mass is 423 g/mol. The summed E-state index contributed by atoms with van der Waals surface area (Å²) in [5.41, 5.74) is 2.72. The van der Waals surface area contributed by atoms with E-state index in [1.165, 1.54) is 0 Å². The van der Waals surface area contributed by atoms with Gasteiger partial charge in [0.2, 0.25) is 0 Å². The van der Waals surface area contributed by atoms with Crippen molar-refractivity contribution in [2.45, 2.75) is 74.0 Å². The normalized spacial score (nSPS) is 12.2. The summed E-state index contributed by atoms with van der Waals surface area (Å²) < 4.78 is 0. The van der Waals surface area contributed by atoms with Crippen LogP contribution in [0.15, 0.2) is 29.7 Å². The van der Waals surface area contributed by atoms with E-state index in [4.69, 9.17) is 37.9 Å². The Morgan fingerprint density at radius 2 is 0.815 bits per heavy atom. The fraction of sp³-hybridized carbons (Fsp3) is 0.571. The minimum atomic E-state index is 0.805. The van der Waals surface area contributed by atoms with Crippen molar-refractivity contribution in [2.75, 3.05) is 19.6 Å². The Morgan fingerprint density at radius 3 is 1.04 bits per heavy atom. The van der Waals surface area contributed by atoms with Crippen molar-refractivity contribution < 1.29 is 0 Å². The van der Waals surface area contributed by atoms with Gasteiger partial charge in [0.15, 0.2) is 0 Å². The molecule has 0 spiro atoms. The number of aliphatic imine (C=N–C) groups is 3. The second kappa shape index (κ2) is 14.3. The number of nitrogens with zero attached hydrogens (tertiary/aromatic N) is 3. The Morgan fingerprint density at radius 1 is 0.556 bits per heavy atom. The van der Waals surface area contributed by atoms with Crippen molar-refractivity contribution in [3.8, 4) is 0 Å². The molecule has 0 N–H and O–H groups in total. The van der Waals surface area contributed by atoms with Crippen LogP contribution >= 0.6 is 37.9 Å². The van der Waals surface area contributed by atoms with Crippen molar-refractivity contribution in [2.24, 2.45) is 15.0 Å². The summed E-state index contributed by atoms with van der Waals surface area (Å²) >= 11 is 14.2. The van der Waals surface area contributed by atoms with Gasteiger partial charge in [0.05, 0.1) is 0 Å². The molecule has 0 amide bonds. The van der Waals surface area contributed by atoms with Gasteiger partial charge in [-0.15, -0.1) is 37.9 Å². The van der Waals surface area contributed by atoms with E-state index in [9.17, 15) is 0 Å². The SMILES string of the molecule is CCCCN=Cc1c(S)c(C=NCCCC)c(S)c(C=NCCCC)c1S. The van der Waals surface area contributed by atoms with Crippen LogP contribution in [0.2, 0.25) is 0 Å². The van der Waals surface area contributed by atoms with Crippen LogP contribution in [0.5, 0.6) is 0 Å². The molecule has 0 aliphatic carbocycles. The van der Waals surface area contributed by atoms with Gasteiger partial charge in [-0.1, -0.05) is 40.0 Å². The average molecular weight is 424 g/mol. The van der Waals surface area contributed by atoms with Gasteiger partial charge in [0, 0.05) is 69.7 Å². The molecule has 6 heteroatoms. The van der Waals surface area contributed by atoms with E-state index in [1.807, 2.05) is 18.6 Å². The van der Waals surface area contributed by atoms with Crippen LogP contribution in [-0.2, 0) is 0 Å². The van der Waals surface area contributed by atoms with Crippen molar-refractivity contribution in [1.82, 2.24) is 0 Å². The third kappa shape index (κ3) is 8.04. The number of hydrogen-bond acceptors (Lipinski definition) is 6. The van der Waals surface area contributed by atoms with Crippen LogP contribution in [-0.4, -0.2) is 38.3 Å². The topological polar surface area (TPSA) is 37.1 Å². The van der Waals surface area contributed by atoms with Gasteiger partial charge in [-0.05, 0) is 19.3 Å². The van der Waals surface area contributed by atoms with Gasteiger partial charge < -0.3 is 0 Å². The number of hydrogen-bond donors (Lipinski definition) is 3. The summed E-state index contributed by atoms with van der Waals surface area (Å²) in [6.45, 7) is 8.90. The van der Waals surface area contributed by atoms with E-state index in [-0.39, 0.29) is 0 Å². The lowest BCUT2D eigenvalue weighted by Crippen LogP contribution is -2.03. The fourth-order valence-electron chi connectivity index (χ4n) is 2.35. The van der Waals surface area contributed by atoms with Crippen molar-refractivity contribution >= 4 is 56.5 Å². The quantitative estimate of drug-likeness (QED) is 0.203. The van der Waals surface area contributed by atoms with Gasteiger partial charge in [-0.3, -0.25) is 15.0 Å². The van der Waals surface area contributed by atoms with E-state index >= 15 is 0 Å². The third-order valence-electron chi connectivity index (χ3n) is 4.11. The largest absolute Gasteiger partial charge is 0.292 e. The van der Waals surface area contributed by atoms with Gasteiger partial charge in [-0.25, -0.2) is 0 Å². The maximum atomic E-state index is 4.75. The first-order chi connectivity index (χ1) is 13.1. The Hall–Kier alpha value is -0.720. The number of rotatable bonds is 12. The smallest absolute Gasteiger partial charge is 0.0389 e. The first-order valence-corrected chi connectivity index (χ1v) is 11.2. The third-order valence-corrected chi connectivity index (χ3v) is 5.56. The highest BCUT2D eigenvalue weighted by Gasteiger charge is 2.16. The zero-order valence-electron chi connectivity index (χ0n) is 16.8. The highest BCUT2D eigenvalue weighted by Crippen LogP contribution is 2.33. The Bertz CT molecular complexity index is 556. The van der Waals surface area contributed by atoms with Crippen LogP contribution in [0.3, 0.4) is 0 Å². The summed E-state index contributed by atoms with van der Waals surface area (Å²) in [7, 11) is 0. The highest BCUT2D eigenvalue weighted by atomic mass is 32.1. The van der Waals surface area contributed by atoms with Gasteiger partial charge in [-0.2, -0.15) is 0 Å². The molecule has 0 saturated carbocycles. The first-order valence-electron chi connectivity index (χ1n) is 9.88. The molecule has 1 aromatic rings. The van der Waals surface area contributed by atoms with Crippen LogP contribution in [0, 0.1) is 0 Å². The lowest BCUT2D eigenvalue weighted by molar-refractivity contribution is 0.809. The van der Waals surface area contributed by atoms with E-state index in [1.54, 1.807) is 0 Å². The summed E-state index contributed by atoms with van der Waals surface area (Å²) in [5.74, 6) is 0. The molecule has 0 aliphatic rings. The molecule has 0 aliphatic heterocycles. The van der Waals surface area contributed by atoms with Gasteiger partial charge in [0.25, 0.3) is 0 Å². The van der Waals surface area contributed by atoms with Crippen LogP contribution in [0.4, 0.5) is 0 Å². The molecule has 1 aromatic carbocycles. The summed E-state index contributed by atoms with van der Waals surface area (Å²) in [6, 6.07) is 0. The van der Waals surface area contributed by atoms with Crippen molar-refractivity contribution in [3.63, 3.8) is 0 Å². The standard InChI is InChI=1S/C21H33N3S3/c1-4-7-10-22-13-16-19(25)17(14-23-11-8-5-2)21(27)18(20(16)26)15-24-12-9-6-3/h13-15,25-27H,4-12H2,1-3H3. The van der Waals surface area contributed by atoms with Gasteiger partial charge in [0.1, 0.15) is 0 Å². The molecule has 0 bridgehead atoms. The zero-order chi connectivity index (χ0) is 20.1. The predicted molar refractivity (Wildman–Crippen MR) is 130 cm³/mol. The van der Waals surface area contributed by atoms with Crippen molar-refractivity contribution in [3.05, 3.63) is 16.7 Å². The molecule has 150 valence electrons. The molecule has 0 saturated heterocycles. The second-order valence-corrected chi connectivity index (χ2v) is 7.79. The molecule has 3 nitrogen and oxygen atoms in total. The number of unbranched alkanes of at least 4 members (excludes halogenated alkanes) is 3. The molecule has 1 rings (SSSR count). The minimum absolute atomic E-state index is 0.805. The molecular formula is C21H33N3S3. The second-order valence-electron chi connectivity index (χ2n) is 6.45. The fourth-order valence-corrected chi connectivity index (χ4v) is 3.64. The summed E-state index contributed by atoms with van der Waals surface area (Å²) in [5, 5.41) is 0. The van der Waals surface area contributed by atoms with E-state index < -0.39 is 0 Å². The zero-order valence-corrected chi connectivity index (χ0v) is 19.5. The highest BCUT2D eigenvalue weighted by molar-refractivity contribution is 7.82. The maximum absolute atomic E-state index is 4.75. The maximum Gasteiger partial charge on any atom is 0.0389 e. The van der Waals surface area contributed by atoms with E-state index in [0.29, 0.717) is 0 Å². The Kier molecular flexibility index (Phi) is 12.9. The van der Waals surface area contributed by atoms with Crippen LogP contribution < -0.4 is 0 Å². The minimum Gasteiger partial charge on any atom is -0.292 e. The van der Waals surface area contributed by atoms with Crippen LogP contribution in [0.25, 0.3) is 0 Å². The molecule has 0 unspecified atom stereocenters. The predicted octanol–water partition coefficient (Wildman–Crippen LogP) is 6.21. The number of thiol groups is 3. The Labute approximate surface area is 181 Å². The number of benzene rings is 1. The first kappa shape index (κ1) is 24.3. The Balaban J connectivity index is 3.32. The summed E-state index contributed by atoms with van der Waals surface area (Å²) in [6.07, 6.45) is 12.2. The van der Waals surface area contributed by atoms with E-state index in [2.05, 4.69) is 35.7 Å². The van der Waals surface area contributed by atoms with Gasteiger partial charge >= 0.3 is 0 Å². The molecule has 27 heavy (non-hydrogen) atoms. The molecular weight excluding hydrogens is 390 g/mol. The van der Waals surface area contributed by atoms with E-state index in [0.717, 1.165) is 89.5 Å². The molecule has 0 atom stereocenters. The van der Waals surface area contributed by atoms with Crippen molar-refractivity contribution in [1.29, 1.82) is 0 Å². The van der Waals surface area contributed by atoms with Crippen LogP contribution in [0.1, 0.15) is 76.0 Å². The molecule has 0 heterocycles. The summed E-state index contributed by atoms with van der Waals surface area (Å²) in [4.78, 5) is 16.1. The average Bonchev–Trinajstić information content (AvgIpc) is 2.66. The lowest BCUT2D eigenvalue weighted by atomic mass is 10.1. The lowest BCUT2D eigenvalue weighted by Gasteiger charge is -2.14. The molecule has 0 radical (unpaired) electrons.